The number of rotatable bonds is 4. The van der Waals surface area contributed by atoms with Gasteiger partial charge in [0.15, 0.2) is 0 Å². The normalized spacial score (nSPS) is 20.2. The summed E-state index contributed by atoms with van der Waals surface area (Å²) in [6.45, 7) is 8.66. The van der Waals surface area contributed by atoms with Gasteiger partial charge in [0.1, 0.15) is 0 Å². The Kier molecular flexibility index (Phi) is 5.04. The second-order valence-electron chi connectivity index (χ2n) is 3.37. The molecule has 72 valence electrons. The summed E-state index contributed by atoms with van der Waals surface area (Å²) in [6.07, 6.45) is 0.379. The van der Waals surface area contributed by atoms with Gasteiger partial charge in [-0.15, -0.1) is 0 Å². The van der Waals surface area contributed by atoms with Crippen LogP contribution in [-0.2, 0) is 4.74 Å². The smallest absolute Gasteiger partial charge is 0.0596 e. The molecule has 1 rings (SSSR count). The van der Waals surface area contributed by atoms with Crippen molar-refractivity contribution in [3.63, 3.8) is 0 Å². The third-order valence-electron chi connectivity index (χ3n) is 1.96. The van der Waals surface area contributed by atoms with Gasteiger partial charge in [-0.25, -0.2) is 0 Å². The van der Waals surface area contributed by atoms with Crippen molar-refractivity contribution >= 4 is 11.8 Å². The molecule has 0 N–H and O–H groups in total. The summed E-state index contributed by atoms with van der Waals surface area (Å²) in [4.78, 5) is 2.48. The Labute approximate surface area is 79.6 Å². The van der Waals surface area contributed by atoms with Crippen molar-refractivity contribution < 1.29 is 4.74 Å². The lowest BCUT2D eigenvalue weighted by Crippen LogP contribution is -2.35. The zero-order valence-corrected chi connectivity index (χ0v) is 8.90. The van der Waals surface area contributed by atoms with E-state index in [1.807, 2.05) is 0 Å². The van der Waals surface area contributed by atoms with E-state index in [1.54, 1.807) is 0 Å². The third-order valence-corrected chi connectivity index (χ3v) is 2.90. The van der Waals surface area contributed by atoms with Crippen molar-refractivity contribution in [1.82, 2.24) is 4.90 Å². The van der Waals surface area contributed by atoms with Crippen molar-refractivity contribution in [3.8, 4) is 0 Å². The molecule has 3 heteroatoms. The predicted molar refractivity (Wildman–Crippen MR) is 54.9 cm³/mol. The number of thioether (sulfide) groups is 1. The molecule has 1 aliphatic heterocycles. The highest BCUT2D eigenvalue weighted by molar-refractivity contribution is 7.99. The van der Waals surface area contributed by atoms with Crippen LogP contribution < -0.4 is 0 Å². The third kappa shape index (κ3) is 4.33. The minimum atomic E-state index is 0.379. The highest BCUT2D eigenvalue weighted by atomic mass is 32.2. The lowest BCUT2D eigenvalue weighted by Gasteiger charge is -2.26. The fourth-order valence-electron chi connectivity index (χ4n) is 1.24. The van der Waals surface area contributed by atoms with E-state index >= 15 is 0 Å². The van der Waals surface area contributed by atoms with Gasteiger partial charge in [0, 0.05) is 31.1 Å². The van der Waals surface area contributed by atoms with Gasteiger partial charge in [-0.1, -0.05) is 0 Å². The first kappa shape index (κ1) is 10.4. The summed E-state index contributed by atoms with van der Waals surface area (Å²) in [5.41, 5.74) is 0. The first-order valence-corrected chi connectivity index (χ1v) is 5.86. The van der Waals surface area contributed by atoms with E-state index in [9.17, 15) is 0 Å². The zero-order valence-electron chi connectivity index (χ0n) is 8.08. The van der Waals surface area contributed by atoms with Crippen molar-refractivity contribution in [2.45, 2.75) is 20.0 Å². The molecule has 1 saturated heterocycles. The van der Waals surface area contributed by atoms with Gasteiger partial charge in [-0.3, -0.25) is 4.90 Å². The summed E-state index contributed by atoms with van der Waals surface area (Å²) in [7, 11) is 0. The molecule has 0 atom stereocenters. The monoisotopic (exact) mass is 189 g/mol. The molecular weight excluding hydrogens is 170 g/mol. The van der Waals surface area contributed by atoms with Crippen LogP contribution in [0.4, 0.5) is 0 Å². The molecule has 1 heterocycles. The Morgan fingerprint density at radius 1 is 1.33 bits per heavy atom. The van der Waals surface area contributed by atoms with Crippen molar-refractivity contribution in [1.29, 1.82) is 0 Å². The predicted octanol–water partition coefficient (Wildman–Crippen LogP) is 1.46. The molecular formula is C9H19NOS. The van der Waals surface area contributed by atoms with Crippen LogP contribution in [0.25, 0.3) is 0 Å². The van der Waals surface area contributed by atoms with Gasteiger partial charge in [0.05, 0.1) is 12.7 Å². The maximum atomic E-state index is 5.50. The molecule has 0 unspecified atom stereocenters. The molecule has 0 aromatic carbocycles. The zero-order chi connectivity index (χ0) is 8.81. The van der Waals surface area contributed by atoms with Crippen LogP contribution >= 0.6 is 11.8 Å². The molecule has 0 aromatic heterocycles. The van der Waals surface area contributed by atoms with Crippen LogP contribution in [-0.4, -0.2) is 48.8 Å². The van der Waals surface area contributed by atoms with Gasteiger partial charge in [0.2, 0.25) is 0 Å². The first-order valence-electron chi connectivity index (χ1n) is 4.71. The Morgan fingerprint density at radius 2 is 2.00 bits per heavy atom. The molecule has 0 spiro atoms. The van der Waals surface area contributed by atoms with E-state index in [0.717, 1.165) is 13.2 Å². The minimum absolute atomic E-state index is 0.379. The Morgan fingerprint density at radius 3 is 2.58 bits per heavy atom. The number of hydrogen-bond donors (Lipinski definition) is 0. The van der Waals surface area contributed by atoms with Crippen molar-refractivity contribution in [2.24, 2.45) is 0 Å². The van der Waals surface area contributed by atoms with Gasteiger partial charge in [-0.2, -0.15) is 11.8 Å². The highest BCUT2D eigenvalue weighted by Gasteiger charge is 2.09. The average molecular weight is 189 g/mol. The molecule has 0 radical (unpaired) electrons. The van der Waals surface area contributed by atoms with Crippen LogP contribution in [0.1, 0.15) is 13.8 Å². The number of hydrogen-bond acceptors (Lipinski definition) is 3. The van der Waals surface area contributed by atoms with Crippen LogP contribution in [0.5, 0.6) is 0 Å². The lowest BCUT2D eigenvalue weighted by molar-refractivity contribution is 0.0610. The van der Waals surface area contributed by atoms with Crippen LogP contribution in [0, 0.1) is 0 Å². The largest absolute Gasteiger partial charge is 0.377 e. The Hall–Kier alpha value is 0.270. The standard InChI is InChI=1S/C9H19NOS/c1-9(2)11-6-3-10-4-7-12-8-5-10/h9H,3-8H2,1-2H3. The first-order chi connectivity index (χ1) is 5.79. The topological polar surface area (TPSA) is 12.5 Å². The fraction of sp³-hybridized carbons (Fsp3) is 1.00. The average Bonchev–Trinajstić information content (AvgIpc) is 2.05. The van der Waals surface area contributed by atoms with E-state index in [4.69, 9.17) is 4.74 Å². The number of ether oxygens (including phenoxy) is 1. The lowest BCUT2D eigenvalue weighted by atomic mass is 10.4. The number of nitrogens with zero attached hydrogens (tertiary/aromatic N) is 1. The second-order valence-corrected chi connectivity index (χ2v) is 4.60. The van der Waals surface area contributed by atoms with Crippen molar-refractivity contribution in [2.75, 3.05) is 37.7 Å². The van der Waals surface area contributed by atoms with Gasteiger partial charge >= 0.3 is 0 Å². The Balaban J connectivity index is 1.98. The summed E-state index contributed by atoms with van der Waals surface area (Å²) < 4.78 is 5.50. The summed E-state index contributed by atoms with van der Waals surface area (Å²) >= 11 is 2.06. The molecule has 0 aliphatic carbocycles. The molecule has 12 heavy (non-hydrogen) atoms. The van der Waals surface area contributed by atoms with Crippen LogP contribution in [0.2, 0.25) is 0 Å². The SMILES string of the molecule is CC(C)OCCN1CCSCC1. The van der Waals surface area contributed by atoms with Crippen molar-refractivity contribution in [3.05, 3.63) is 0 Å². The minimum Gasteiger partial charge on any atom is -0.377 e. The van der Waals surface area contributed by atoms with E-state index in [-0.39, 0.29) is 0 Å². The summed E-state index contributed by atoms with van der Waals surface area (Å²) in [6, 6.07) is 0. The highest BCUT2D eigenvalue weighted by Crippen LogP contribution is 2.08. The summed E-state index contributed by atoms with van der Waals surface area (Å²) in [5.74, 6) is 2.59. The maximum absolute atomic E-state index is 5.50. The van der Waals surface area contributed by atoms with Gasteiger partial charge in [0.25, 0.3) is 0 Å². The van der Waals surface area contributed by atoms with Crippen LogP contribution in [0.3, 0.4) is 0 Å². The summed E-state index contributed by atoms with van der Waals surface area (Å²) in [5, 5.41) is 0. The molecule has 2 nitrogen and oxygen atoms in total. The van der Waals surface area contributed by atoms with Crippen LogP contribution in [0.15, 0.2) is 0 Å². The Bertz CT molecular complexity index is 113. The second kappa shape index (κ2) is 5.84. The molecule has 0 bridgehead atoms. The molecule has 1 aliphatic rings. The quantitative estimate of drug-likeness (QED) is 0.664. The van der Waals surface area contributed by atoms with E-state index in [2.05, 4.69) is 30.5 Å². The molecule has 1 fully saturated rings. The van der Waals surface area contributed by atoms with Gasteiger partial charge < -0.3 is 4.74 Å². The van der Waals surface area contributed by atoms with E-state index in [0.29, 0.717) is 6.10 Å². The maximum Gasteiger partial charge on any atom is 0.0596 e. The molecule has 0 aromatic rings. The molecule has 0 saturated carbocycles. The van der Waals surface area contributed by atoms with Gasteiger partial charge in [-0.05, 0) is 13.8 Å². The fourth-order valence-corrected chi connectivity index (χ4v) is 2.22. The molecule has 0 amide bonds. The van der Waals surface area contributed by atoms with E-state index in [1.165, 1.54) is 24.6 Å². The van der Waals surface area contributed by atoms with E-state index < -0.39 is 0 Å².